The minimum Gasteiger partial charge on any atom is -0.393 e. The maximum absolute atomic E-state index is 9.13. The van der Waals surface area contributed by atoms with Gasteiger partial charge in [-0.3, -0.25) is 0 Å². The van der Waals surface area contributed by atoms with E-state index in [1.807, 2.05) is 11.8 Å². The Morgan fingerprint density at radius 2 is 2.19 bits per heavy atom. The van der Waals surface area contributed by atoms with Gasteiger partial charge >= 0.3 is 0 Å². The average Bonchev–Trinajstić information content (AvgIpc) is 2.71. The third-order valence-corrected chi connectivity index (χ3v) is 3.69. The summed E-state index contributed by atoms with van der Waals surface area (Å²) in [5.41, 5.74) is 0. The van der Waals surface area contributed by atoms with Crippen molar-refractivity contribution < 1.29 is 9.63 Å². The molecule has 0 radical (unpaired) electrons. The number of aliphatic hydroxyl groups is 1. The molecule has 0 bridgehead atoms. The molecule has 0 fully saturated rings. The summed E-state index contributed by atoms with van der Waals surface area (Å²) in [7, 11) is 0. The molecule has 2 unspecified atom stereocenters. The first-order valence-electron chi connectivity index (χ1n) is 5.73. The molecule has 2 atom stereocenters. The highest BCUT2D eigenvalue weighted by molar-refractivity contribution is 7.99. The molecule has 16 heavy (non-hydrogen) atoms. The molecule has 1 aromatic heterocycles. The predicted molar refractivity (Wildman–Crippen MR) is 65.3 cm³/mol. The van der Waals surface area contributed by atoms with Crippen LogP contribution in [0.4, 0.5) is 0 Å². The van der Waals surface area contributed by atoms with Crippen LogP contribution in [0.15, 0.2) is 4.52 Å². The van der Waals surface area contributed by atoms with Crippen LogP contribution in [-0.2, 0) is 12.2 Å². The van der Waals surface area contributed by atoms with Crippen molar-refractivity contribution >= 4 is 11.8 Å². The van der Waals surface area contributed by atoms with Crippen molar-refractivity contribution in [2.45, 2.75) is 57.1 Å². The van der Waals surface area contributed by atoms with Crippen molar-refractivity contribution in [2.24, 2.45) is 0 Å². The monoisotopic (exact) mass is 244 g/mol. The summed E-state index contributed by atoms with van der Waals surface area (Å²) in [4.78, 5) is 4.28. The molecule has 0 aliphatic carbocycles. The van der Waals surface area contributed by atoms with Crippen LogP contribution < -0.4 is 0 Å². The van der Waals surface area contributed by atoms with Crippen molar-refractivity contribution in [3.8, 4) is 0 Å². The van der Waals surface area contributed by atoms with Crippen LogP contribution in [-0.4, -0.2) is 26.6 Å². The molecule has 0 aliphatic heterocycles. The minimum absolute atomic E-state index is 0.315. The lowest BCUT2D eigenvalue weighted by Crippen LogP contribution is -2.01. The van der Waals surface area contributed by atoms with Crippen molar-refractivity contribution in [3.05, 3.63) is 11.7 Å². The lowest BCUT2D eigenvalue weighted by atomic mass is 10.2. The van der Waals surface area contributed by atoms with E-state index in [1.54, 1.807) is 6.92 Å². The summed E-state index contributed by atoms with van der Waals surface area (Å²) in [6, 6.07) is 0. The largest absolute Gasteiger partial charge is 0.393 e. The van der Waals surface area contributed by atoms with Crippen molar-refractivity contribution in [3.63, 3.8) is 0 Å². The number of hydrogen-bond acceptors (Lipinski definition) is 5. The van der Waals surface area contributed by atoms with Gasteiger partial charge in [-0.15, -0.1) is 0 Å². The van der Waals surface area contributed by atoms with Crippen molar-refractivity contribution in [1.82, 2.24) is 10.1 Å². The van der Waals surface area contributed by atoms with Crippen LogP contribution in [0.5, 0.6) is 0 Å². The van der Waals surface area contributed by atoms with E-state index < -0.39 is 0 Å². The van der Waals surface area contributed by atoms with E-state index >= 15 is 0 Å². The first-order valence-corrected chi connectivity index (χ1v) is 6.77. The predicted octanol–water partition coefficient (Wildman–Crippen LogP) is 2.41. The number of aromatic nitrogens is 2. The lowest BCUT2D eigenvalue weighted by molar-refractivity contribution is 0.180. The molecule has 0 saturated heterocycles. The lowest BCUT2D eigenvalue weighted by Gasteiger charge is -2.04. The second kappa shape index (κ2) is 6.91. The van der Waals surface area contributed by atoms with Gasteiger partial charge in [0.2, 0.25) is 5.89 Å². The molecule has 4 nitrogen and oxygen atoms in total. The second-order valence-electron chi connectivity index (χ2n) is 4.02. The molecule has 0 spiro atoms. The molecule has 1 heterocycles. The normalized spacial score (nSPS) is 15.0. The minimum atomic E-state index is -0.315. The molecular formula is C11H20N2O2S. The first kappa shape index (κ1) is 13.5. The zero-order chi connectivity index (χ0) is 12.0. The van der Waals surface area contributed by atoms with Gasteiger partial charge in [0.1, 0.15) is 0 Å². The van der Waals surface area contributed by atoms with Gasteiger partial charge in [0.05, 0.1) is 11.9 Å². The highest BCUT2D eigenvalue weighted by Gasteiger charge is 2.09. The number of nitrogens with zero attached hydrogens (tertiary/aromatic N) is 2. The number of thioether (sulfide) groups is 1. The zero-order valence-electron chi connectivity index (χ0n) is 10.1. The Balaban J connectivity index is 2.33. The summed E-state index contributed by atoms with van der Waals surface area (Å²) in [6.07, 6.45) is 2.15. The Labute approximate surface area is 101 Å². The number of rotatable bonds is 7. The van der Waals surface area contributed by atoms with E-state index in [0.717, 1.165) is 18.0 Å². The zero-order valence-corrected chi connectivity index (χ0v) is 11.0. The van der Waals surface area contributed by atoms with Crippen molar-refractivity contribution in [2.75, 3.05) is 0 Å². The molecule has 5 heteroatoms. The molecule has 0 aromatic carbocycles. The number of aliphatic hydroxyl groups excluding tert-OH is 1. The number of aryl methyl sites for hydroxylation is 1. The third kappa shape index (κ3) is 4.99. The van der Waals surface area contributed by atoms with Crippen LogP contribution in [0.3, 0.4) is 0 Å². The molecule has 92 valence electrons. The fourth-order valence-electron chi connectivity index (χ4n) is 1.12. The van der Waals surface area contributed by atoms with Gasteiger partial charge in [0.15, 0.2) is 5.82 Å². The molecule has 1 rings (SSSR count). The quantitative estimate of drug-likeness (QED) is 0.798. The Bertz CT molecular complexity index is 302. The van der Waals surface area contributed by atoms with Crippen molar-refractivity contribution in [1.29, 1.82) is 0 Å². The Kier molecular flexibility index (Phi) is 5.84. The Hall–Kier alpha value is -0.550. The van der Waals surface area contributed by atoms with Gasteiger partial charge < -0.3 is 9.63 Å². The third-order valence-electron chi connectivity index (χ3n) is 2.36. The maximum Gasteiger partial charge on any atom is 0.226 e. The number of hydrogen-bond donors (Lipinski definition) is 1. The van der Waals surface area contributed by atoms with E-state index in [1.165, 1.54) is 0 Å². The van der Waals surface area contributed by atoms with Crippen LogP contribution in [0.25, 0.3) is 0 Å². The molecule has 1 N–H and O–H groups in total. The average molecular weight is 244 g/mol. The van der Waals surface area contributed by atoms with Gasteiger partial charge in [-0.2, -0.15) is 16.7 Å². The summed E-state index contributed by atoms with van der Waals surface area (Å²) >= 11 is 1.83. The summed E-state index contributed by atoms with van der Waals surface area (Å²) < 4.78 is 5.10. The molecular weight excluding hydrogens is 224 g/mol. The van der Waals surface area contributed by atoms with Crippen LogP contribution >= 0.6 is 11.8 Å². The fourth-order valence-corrected chi connectivity index (χ4v) is 1.90. The van der Waals surface area contributed by atoms with Crippen LogP contribution in [0.1, 0.15) is 45.3 Å². The van der Waals surface area contributed by atoms with Gasteiger partial charge in [-0.25, -0.2) is 0 Å². The van der Waals surface area contributed by atoms with E-state index in [-0.39, 0.29) is 6.10 Å². The van der Waals surface area contributed by atoms with Gasteiger partial charge in [0.25, 0.3) is 0 Å². The highest BCUT2D eigenvalue weighted by atomic mass is 32.2. The Morgan fingerprint density at radius 3 is 2.81 bits per heavy atom. The molecule has 0 amide bonds. The van der Waals surface area contributed by atoms with E-state index in [2.05, 4.69) is 24.0 Å². The summed E-state index contributed by atoms with van der Waals surface area (Å²) in [5.74, 6) is 2.18. The molecule has 0 saturated carbocycles. The maximum atomic E-state index is 9.13. The van der Waals surface area contributed by atoms with Crippen LogP contribution in [0, 0.1) is 0 Å². The molecule has 1 aromatic rings. The van der Waals surface area contributed by atoms with E-state index in [0.29, 0.717) is 24.0 Å². The van der Waals surface area contributed by atoms with Gasteiger partial charge in [-0.1, -0.05) is 19.0 Å². The SMILES string of the molecule is CCC(C)SCc1noc(CCC(C)O)n1. The summed E-state index contributed by atoms with van der Waals surface area (Å²) in [6.45, 7) is 6.12. The topological polar surface area (TPSA) is 59.2 Å². The Morgan fingerprint density at radius 1 is 1.44 bits per heavy atom. The van der Waals surface area contributed by atoms with E-state index in [4.69, 9.17) is 9.63 Å². The van der Waals surface area contributed by atoms with Gasteiger partial charge in [-0.05, 0) is 19.8 Å². The van der Waals surface area contributed by atoms with Gasteiger partial charge in [0, 0.05) is 11.7 Å². The highest BCUT2D eigenvalue weighted by Crippen LogP contribution is 2.18. The van der Waals surface area contributed by atoms with E-state index in [9.17, 15) is 0 Å². The van der Waals surface area contributed by atoms with Crippen LogP contribution in [0.2, 0.25) is 0 Å². The summed E-state index contributed by atoms with van der Waals surface area (Å²) in [5, 5.41) is 13.7. The molecule has 0 aliphatic rings. The standard InChI is InChI=1S/C11H20N2O2S/c1-4-9(3)16-7-10-12-11(15-13-10)6-5-8(2)14/h8-9,14H,4-7H2,1-3H3. The first-order chi connectivity index (χ1) is 7.61. The smallest absolute Gasteiger partial charge is 0.226 e. The second-order valence-corrected chi connectivity index (χ2v) is 5.45. The fraction of sp³-hybridized carbons (Fsp3) is 0.818.